The van der Waals surface area contributed by atoms with Crippen LogP contribution in [0.1, 0.15) is 37.3 Å². The molecule has 2 rings (SSSR count). The minimum Gasteiger partial charge on any atom is -0.355 e. The molecule has 0 saturated heterocycles. The van der Waals surface area contributed by atoms with E-state index in [4.69, 9.17) is 11.6 Å². The van der Waals surface area contributed by atoms with Crippen LogP contribution in [-0.2, 0) is 21.4 Å². The van der Waals surface area contributed by atoms with Crippen molar-refractivity contribution in [3.8, 4) is 0 Å². The molecule has 0 spiro atoms. The Balaban J connectivity index is 2.20. The van der Waals surface area contributed by atoms with Crippen LogP contribution in [0.15, 0.2) is 53.4 Å². The Hall–Kier alpha value is -1.89. The number of benzene rings is 2. The lowest BCUT2D eigenvalue weighted by Crippen LogP contribution is -2.40. The van der Waals surface area contributed by atoms with E-state index in [-0.39, 0.29) is 23.9 Å². The van der Waals surface area contributed by atoms with Gasteiger partial charge in [0.25, 0.3) is 0 Å². The number of nitrogens with zero attached hydrogens (tertiary/aromatic N) is 1. The molecule has 2 aromatic carbocycles. The molecule has 28 heavy (non-hydrogen) atoms. The van der Waals surface area contributed by atoms with E-state index in [0.717, 1.165) is 30.4 Å². The summed E-state index contributed by atoms with van der Waals surface area (Å²) in [5.41, 5.74) is 1.73. The Kier molecular flexibility index (Phi) is 8.48. The number of nitrogens with one attached hydrogen (secondary N) is 1. The predicted molar refractivity (Wildman–Crippen MR) is 113 cm³/mol. The minimum atomic E-state index is -3.82. The maximum Gasteiger partial charge on any atom is 0.243 e. The molecule has 0 saturated carbocycles. The largest absolute Gasteiger partial charge is 0.355 e. The first-order valence-electron chi connectivity index (χ1n) is 9.41. The van der Waals surface area contributed by atoms with Crippen molar-refractivity contribution in [2.24, 2.45) is 0 Å². The van der Waals surface area contributed by atoms with E-state index in [2.05, 4.69) is 12.2 Å². The average Bonchev–Trinajstić information content (AvgIpc) is 2.67. The molecule has 152 valence electrons. The molecule has 0 atom stereocenters. The second-order valence-electron chi connectivity index (χ2n) is 6.77. The van der Waals surface area contributed by atoms with Gasteiger partial charge in [0.15, 0.2) is 0 Å². The van der Waals surface area contributed by atoms with Crippen LogP contribution in [0.4, 0.5) is 0 Å². The topological polar surface area (TPSA) is 66.5 Å². The lowest BCUT2D eigenvalue weighted by molar-refractivity contribution is -0.121. The average molecular weight is 423 g/mol. The second-order valence-corrected chi connectivity index (χ2v) is 9.14. The normalized spacial score (nSPS) is 11.6. The van der Waals surface area contributed by atoms with Gasteiger partial charge in [-0.25, -0.2) is 8.42 Å². The zero-order valence-electron chi connectivity index (χ0n) is 16.3. The SMILES string of the molecule is CCCCCNC(=O)CN(Cc1ccc(Cl)cc1)S(=O)(=O)c1ccc(C)cc1. The third-order valence-corrected chi connectivity index (χ3v) is 6.41. The van der Waals surface area contributed by atoms with Gasteiger partial charge in [-0.1, -0.05) is 61.2 Å². The maximum atomic E-state index is 13.1. The number of sulfonamides is 1. The van der Waals surface area contributed by atoms with Crippen molar-refractivity contribution in [2.75, 3.05) is 13.1 Å². The molecular weight excluding hydrogens is 396 g/mol. The first kappa shape index (κ1) is 22.4. The molecule has 0 aliphatic heterocycles. The van der Waals surface area contributed by atoms with E-state index in [0.29, 0.717) is 11.6 Å². The monoisotopic (exact) mass is 422 g/mol. The number of hydrogen-bond acceptors (Lipinski definition) is 3. The molecule has 0 aliphatic carbocycles. The van der Waals surface area contributed by atoms with Crippen molar-refractivity contribution >= 4 is 27.5 Å². The molecular formula is C21H27ClN2O3S. The van der Waals surface area contributed by atoms with E-state index in [1.165, 1.54) is 4.31 Å². The van der Waals surface area contributed by atoms with Crippen molar-refractivity contribution in [2.45, 2.75) is 44.6 Å². The summed E-state index contributed by atoms with van der Waals surface area (Å²) in [6, 6.07) is 13.6. The van der Waals surface area contributed by atoms with Crippen LogP contribution in [0.5, 0.6) is 0 Å². The Morgan fingerprint density at radius 1 is 1.04 bits per heavy atom. The number of unbranched alkanes of at least 4 members (excludes halogenated alkanes) is 2. The smallest absolute Gasteiger partial charge is 0.243 e. The first-order chi connectivity index (χ1) is 13.3. The summed E-state index contributed by atoms with van der Waals surface area (Å²) in [6.07, 6.45) is 2.96. The Morgan fingerprint density at radius 2 is 1.68 bits per heavy atom. The molecule has 1 amide bonds. The number of hydrogen-bond donors (Lipinski definition) is 1. The van der Waals surface area contributed by atoms with Gasteiger partial charge in [0.2, 0.25) is 15.9 Å². The zero-order chi connectivity index (χ0) is 20.6. The Labute approximate surface area is 172 Å². The lowest BCUT2D eigenvalue weighted by atomic mass is 10.2. The van der Waals surface area contributed by atoms with Crippen molar-refractivity contribution in [3.63, 3.8) is 0 Å². The molecule has 0 aliphatic rings. The summed E-state index contributed by atoms with van der Waals surface area (Å²) < 4.78 is 27.5. The van der Waals surface area contributed by atoms with Crippen molar-refractivity contribution in [3.05, 3.63) is 64.7 Å². The fourth-order valence-electron chi connectivity index (χ4n) is 2.70. The summed E-state index contributed by atoms with van der Waals surface area (Å²) in [4.78, 5) is 12.5. The summed E-state index contributed by atoms with van der Waals surface area (Å²) in [5.74, 6) is -0.305. The van der Waals surface area contributed by atoms with Gasteiger partial charge in [-0.2, -0.15) is 4.31 Å². The fraction of sp³-hybridized carbons (Fsp3) is 0.381. The van der Waals surface area contributed by atoms with E-state index in [1.807, 2.05) is 6.92 Å². The summed E-state index contributed by atoms with van der Waals surface area (Å²) in [6.45, 7) is 4.39. The standard InChI is InChI=1S/C21H27ClN2O3S/c1-3-4-5-14-23-21(25)16-24(15-18-8-10-19(22)11-9-18)28(26,27)20-12-6-17(2)7-13-20/h6-13H,3-5,14-16H2,1-2H3,(H,23,25). The third kappa shape index (κ3) is 6.62. The highest BCUT2D eigenvalue weighted by Crippen LogP contribution is 2.20. The van der Waals surface area contributed by atoms with E-state index < -0.39 is 10.0 Å². The second kappa shape index (κ2) is 10.6. The highest BCUT2D eigenvalue weighted by Gasteiger charge is 2.26. The van der Waals surface area contributed by atoms with Gasteiger partial charge < -0.3 is 5.32 Å². The van der Waals surface area contributed by atoms with E-state index in [1.54, 1.807) is 48.5 Å². The van der Waals surface area contributed by atoms with Crippen LogP contribution in [0.3, 0.4) is 0 Å². The number of aryl methyl sites for hydroxylation is 1. The van der Waals surface area contributed by atoms with Gasteiger partial charge >= 0.3 is 0 Å². The quantitative estimate of drug-likeness (QED) is 0.585. The van der Waals surface area contributed by atoms with Crippen LogP contribution < -0.4 is 5.32 Å². The van der Waals surface area contributed by atoms with E-state index >= 15 is 0 Å². The molecule has 0 aromatic heterocycles. The van der Waals surface area contributed by atoms with Crippen LogP contribution in [-0.4, -0.2) is 31.7 Å². The van der Waals surface area contributed by atoms with E-state index in [9.17, 15) is 13.2 Å². The molecule has 0 unspecified atom stereocenters. The molecule has 5 nitrogen and oxygen atoms in total. The van der Waals surface area contributed by atoms with Gasteiger partial charge in [0.05, 0.1) is 11.4 Å². The van der Waals surface area contributed by atoms with Gasteiger partial charge in [-0.05, 0) is 43.2 Å². The molecule has 0 heterocycles. The van der Waals surface area contributed by atoms with Crippen LogP contribution in [0, 0.1) is 6.92 Å². The zero-order valence-corrected chi connectivity index (χ0v) is 17.9. The maximum absolute atomic E-state index is 13.1. The van der Waals surface area contributed by atoms with Crippen LogP contribution in [0.25, 0.3) is 0 Å². The number of carbonyl (C=O) groups is 1. The molecule has 2 aromatic rings. The lowest BCUT2D eigenvalue weighted by Gasteiger charge is -2.22. The van der Waals surface area contributed by atoms with Crippen LogP contribution in [0.2, 0.25) is 5.02 Å². The third-order valence-electron chi connectivity index (χ3n) is 4.35. The van der Waals surface area contributed by atoms with Gasteiger partial charge in [-0.15, -0.1) is 0 Å². The number of halogens is 1. The van der Waals surface area contributed by atoms with Crippen LogP contribution >= 0.6 is 11.6 Å². The Bertz CT molecular complexity index is 866. The highest BCUT2D eigenvalue weighted by molar-refractivity contribution is 7.89. The highest BCUT2D eigenvalue weighted by atomic mass is 35.5. The van der Waals surface area contributed by atoms with Gasteiger partial charge in [0, 0.05) is 18.1 Å². The summed E-state index contributed by atoms with van der Waals surface area (Å²) in [7, 11) is -3.82. The fourth-order valence-corrected chi connectivity index (χ4v) is 4.21. The molecule has 0 radical (unpaired) electrons. The van der Waals surface area contributed by atoms with Gasteiger partial charge in [-0.3, -0.25) is 4.79 Å². The minimum absolute atomic E-state index is 0.0930. The summed E-state index contributed by atoms with van der Waals surface area (Å²) >= 11 is 5.92. The predicted octanol–water partition coefficient (Wildman–Crippen LogP) is 4.15. The molecule has 0 fully saturated rings. The number of rotatable bonds is 10. The molecule has 1 N–H and O–H groups in total. The molecule has 7 heteroatoms. The molecule has 0 bridgehead atoms. The number of carbonyl (C=O) groups excluding carboxylic acids is 1. The summed E-state index contributed by atoms with van der Waals surface area (Å²) in [5, 5.41) is 3.38. The van der Waals surface area contributed by atoms with Crippen molar-refractivity contribution in [1.29, 1.82) is 0 Å². The van der Waals surface area contributed by atoms with Crippen molar-refractivity contribution in [1.82, 2.24) is 9.62 Å². The number of amides is 1. The first-order valence-corrected chi connectivity index (χ1v) is 11.2. The van der Waals surface area contributed by atoms with Crippen molar-refractivity contribution < 1.29 is 13.2 Å². The van der Waals surface area contributed by atoms with Gasteiger partial charge in [0.1, 0.15) is 0 Å². The Morgan fingerprint density at radius 3 is 2.29 bits per heavy atom.